The monoisotopic (exact) mass is 620 g/mol. The molecule has 0 radical (unpaired) electrons. The van der Waals surface area contributed by atoms with Crippen LogP contribution in [-0.2, 0) is 19.7 Å². The molecule has 2 saturated carbocycles. The van der Waals surface area contributed by atoms with E-state index in [-0.39, 0.29) is 69.0 Å². The van der Waals surface area contributed by atoms with Crippen molar-refractivity contribution in [1.82, 2.24) is 0 Å². The number of ketones is 2. The van der Waals surface area contributed by atoms with Crippen LogP contribution in [-0.4, -0.2) is 51.3 Å². The molecule has 0 amide bonds. The Morgan fingerprint density at radius 3 is 2.44 bits per heavy atom. The third kappa shape index (κ3) is 4.52. The lowest BCUT2D eigenvalue weighted by atomic mass is 9.43. The predicted molar refractivity (Wildman–Crippen MR) is 166 cm³/mol. The van der Waals surface area contributed by atoms with Crippen molar-refractivity contribution in [3.63, 3.8) is 0 Å². The number of Topliss-reactive ketones (excluding diaryl/α,β-unsaturated/α-hetero) is 1. The van der Waals surface area contributed by atoms with Crippen LogP contribution in [0.15, 0.2) is 50.9 Å². The molecule has 0 aliphatic heterocycles. The van der Waals surface area contributed by atoms with Gasteiger partial charge in [-0.25, -0.2) is 0 Å². The van der Waals surface area contributed by atoms with E-state index in [0.717, 1.165) is 11.6 Å². The van der Waals surface area contributed by atoms with Gasteiger partial charge >= 0.3 is 0 Å². The quantitative estimate of drug-likeness (QED) is 0.349. The molecule has 9 atom stereocenters. The summed E-state index contributed by atoms with van der Waals surface area (Å²) in [7, 11) is 1.34. The first-order valence-corrected chi connectivity index (χ1v) is 15.9. The summed E-state index contributed by atoms with van der Waals surface area (Å²) in [6, 6.07) is 3.46. The number of benzene rings is 1. The molecular formula is C36H44O9. The first-order valence-electron chi connectivity index (χ1n) is 15.9. The molecule has 0 saturated heterocycles. The number of carbonyl (C=O) groups is 2. The van der Waals surface area contributed by atoms with Crippen LogP contribution in [0.3, 0.4) is 0 Å². The van der Waals surface area contributed by atoms with Crippen molar-refractivity contribution in [2.24, 2.45) is 40.4 Å². The van der Waals surface area contributed by atoms with Crippen LogP contribution in [0.5, 0.6) is 11.5 Å². The number of hydrogen-bond acceptors (Lipinski definition) is 9. The topological polar surface area (TPSA) is 154 Å². The summed E-state index contributed by atoms with van der Waals surface area (Å²) in [6.07, 6.45) is 4.49. The van der Waals surface area contributed by atoms with E-state index in [2.05, 4.69) is 20.8 Å². The lowest BCUT2D eigenvalue weighted by Gasteiger charge is -2.62. The fourth-order valence-electron chi connectivity index (χ4n) is 10.3. The van der Waals surface area contributed by atoms with Crippen LogP contribution in [0.1, 0.15) is 72.5 Å². The SMILES string of the molecule is COC1=CC(=O)C2(c3cc(=O)c4c(O)cc(O)cc4o3)C(CC=C(C)C2C[C@@H]2[C@H](C)[C@H](O)C[C@@H]3C(C)(C)C[C@@H](O)C[C@@]23C)C1=O. The molecule has 4 aliphatic rings. The summed E-state index contributed by atoms with van der Waals surface area (Å²) in [5.41, 5.74) is -2.07. The molecule has 0 bridgehead atoms. The summed E-state index contributed by atoms with van der Waals surface area (Å²) in [5.74, 6) is -3.40. The number of methoxy groups -OCH3 is 1. The van der Waals surface area contributed by atoms with Crippen molar-refractivity contribution in [2.75, 3.05) is 7.11 Å². The summed E-state index contributed by atoms with van der Waals surface area (Å²) >= 11 is 0. The van der Waals surface area contributed by atoms with Crippen LogP contribution in [0, 0.1) is 40.4 Å². The van der Waals surface area contributed by atoms with Gasteiger partial charge in [-0.2, -0.15) is 0 Å². The van der Waals surface area contributed by atoms with Crippen molar-refractivity contribution in [3.05, 3.63) is 57.7 Å². The Kier molecular flexibility index (Phi) is 7.40. The summed E-state index contributed by atoms with van der Waals surface area (Å²) in [5, 5.41) is 43.1. The average molecular weight is 621 g/mol. The number of rotatable bonds is 4. The molecule has 3 unspecified atom stereocenters. The highest BCUT2D eigenvalue weighted by atomic mass is 16.5. The van der Waals surface area contributed by atoms with Crippen molar-refractivity contribution >= 4 is 22.5 Å². The van der Waals surface area contributed by atoms with E-state index in [1.807, 2.05) is 19.9 Å². The minimum absolute atomic E-state index is 0.00748. The van der Waals surface area contributed by atoms with E-state index in [9.17, 15) is 34.8 Å². The molecule has 1 heterocycles. The summed E-state index contributed by atoms with van der Waals surface area (Å²) in [6.45, 7) is 10.4. The molecule has 9 heteroatoms. The molecule has 2 aromatic rings. The lowest BCUT2D eigenvalue weighted by Crippen LogP contribution is -2.60. The molecule has 6 rings (SSSR count). The smallest absolute Gasteiger partial charge is 0.202 e. The van der Waals surface area contributed by atoms with E-state index >= 15 is 0 Å². The zero-order valence-corrected chi connectivity index (χ0v) is 26.8. The van der Waals surface area contributed by atoms with E-state index in [1.54, 1.807) is 0 Å². The van der Waals surface area contributed by atoms with E-state index in [4.69, 9.17) is 9.15 Å². The number of phenolic OH excluding ortho intramolecular Hbond substituents is 2. The number of aromatic hydroxyl groups is 2. The largest absolute Gasteiger partial charge is 0.508 e. The molecule has 242 valence electrons. The predicted octanol–water partition coefficient (Wildman–Crippen LogP) is 4.92. The summed E-state index contributed by atoms with van der Waals surface area (Å²) in [4.78, 5) is 42.2. The maximum Gasteiger partial charge on any atom is 0.202 e. The van der Waals surface area contributed by atoms with Crippen molar-refractivity contribution < 1.29 is 39.2 Å². The fourth-order valence-corrected chi connectivity index (χ4v) is 10.3. The number of carbonyl (C=O) groups excluding carboxylic acids is 2. The van der Waals surface area contributed by atoms with Crippen molar-refractivity contribution in [2.45, 2.75) is 84.3 Å². The minimum Gasteiger partial charge on any atom is -0.508 e. The van der Waals surface area contributed by atoms with E-state index < -0.39 is 46.4 Å². The highest BCUT2D eigenvalue weighted by molar-refractivity contribution is 6.14. The average Bonchev–Trinajstić information content (AvgIpc) is 2.93. The second kappa shape index (κ2) is 10.6. The van der Waals surface area contributed by atoms with Gasteiger partial charge in [0.2, 0.25) is 5.78 Å². The Bertz CT molecular complexity index is 1700. The van der Waals surface area contributed by atoms with Gasteiger partial charge in [0.25, 0.3) is 0 Å². The maximum atomic E-state index is 14.6. The molecule has 4 aliphatic carbocycles. The van der Waals surface area contributed by atoms with Crippen molar-refractivity contribution in [3.8, 4) is 11.5 Å². The molecule has 9 nitrogen and oxygen atoms in total. The number of aliphatic hydroxyl groups excluding tert-OH is 2. The Hall–Kier alpha value is -3.43. The normalized spacial score (nSPS) is 37.8. The number of aliphatic hydroxyl groups is 2. The van der Waals surface area contributed by atoms with Crippen LogP contribution in [0.2, 0.25) is 0 Å². The van der Waals surface area contributed by atoms with E-state index in [0.29, 0.717) is 25.7 Å². The van der Waals surface area contributed by atoms with Gasteiger partial charge in [0.1, 0.15) is 33.6 Å². The molecule has 1 aromatic carbocycles. The zero-order valence-electron chi connectivity index (χ0n) is 26.8. The van der Waals surface area contributed by atoms with Gasteiger partial charge < -0.3 is 29.6 Å². The van der Waals surface area contributed by atoms with Gasteiger partial charge in [-0.05, 0) is 67.6 Å². The van der Waals surface area contributed by atoms with Crippen LogP contribution in [0.25, 0.3) is 11.0 Å². The number of fused-ring (bicyclic) bond motifs is 3. The lowest BCUT2D eigenvalue weighted by molar-refractivity contribution is -0.173. The highest BCUT2D eigenvalue weighted by Crippen LogP contribution is 2.64. The third-order valence-electron chi connectivity index (χ3n) is 12.2. The Morgan fingerprint density at radius 2 is 1.76 bits per heavy atom. The first-order chi connectivity index (χ1) is 21.1. The molecule has 1 aromatic heterocycles. The van der Waals surface area contributed by atoms with E-state index in [1.165, 1.54) is 25.3 Å². The molecular weight excluding hydrogens is 576 g/mol. The second-order valence-corrected chi connectivity index (χ2v) is 15.0. The summed E-state index contributed by atoms with van der Waals surface area (Å²) < 4.78 is 11.7. The number of ether oxygens (including phenoxy) is 1. The fraction of sp³-hybridized carbons (Fsp3) is 0.583. The van der Waals surface area contributed by atoms with Crippen molar-refractivity contribution in [1.29, 1.82) is 0 Å². The molecule has 45 heavy (non-hydrogen) atoms. The standard InChI is InChI=1S/C36H44O9/c1-17-7-8-21-33(43)28(44-6)14-30(42)36(21,31-13-26(41)32-25(40)9-19(37)10-27(32)45-31)22(17)11-23-18(2)24(39)12-29-34(3,4)15-20(38)16-35(23,29)5/h7,9-10,13-14,18,20-24,29,37-40H,8,11-12,15-16H2,1-6H3/t18-,20+,21?,22?,23+,24+,29+,35-,36?/m0/s1. The van der Waals surface area contributed by atoms with Gasteiger partial charge in [0.15, 0.2) is 17.0 Å². The Morgan fingerprint density at radius 1 is 1.04 bits per heavy atom. The zero-order chi connectivity index (χ0) is 32.8. The minimum atomic E-state index is -1.62. The maximum absolute atomic E-state index is 14.6. The molecule has 0 spiro atoms. The Balaban J connectivity index is 1.59. The third-order valence-corrected chi connectivity index (χ3v) is 12.2. The van der Waals surface area contributed by atoms with Gasteiger partial charge in [0.05, 0.1) is 19.3 Å². The second-order valence-electron chi connectivity index (χ2n) is 15.0. The van der Waals surface area contributed by atoms with Gasteiger partial charge in [-0.15, -0.1) is 0 Å². The highest BCUT2D eigenvalue weighted by Gasteiger charge is 2.64. The first kappa shape index (κ1) is 31.5. The van der Waals surface area contributed by atoms with Gasteiger partial charge in [-0.1, -0.05) is 39.3 Å². The van der Waals surface area contributed by atoms with Gasteiger partial charge in [-0.3, -0.25) is 14.4 Å². The molecule has 2 fully saturated rings. The number of hydrogen-bond donors (Lipinski definition) is 4. The van der Waals surface area contributed by atoms with Gasteiger partial charge in [0, 0.05) is 36.1 Å². The molecule has 4 N–H and O–H groups in total. The van der Waals surface area contributed by atoms with Crippen LogP contribution >= 0.6 is 0 Å². The Labute approximate surface area is 262 Å². The number of phenols is 2. The van der Waals surface area contributed by atoms with Crippen LogP contribution in [0.4, 0.5) is 0 Å². The number of allylic oxidation sites excluding steroid dienone is 4. The van der Waals surface area contributed by atoms with Crippen LogP contribution < -0.4 is 5.43 Å².